The van der Waals surface area contributed by atoms with Crippen molar-refractivity contribution in [3.8, 4) is 0 Å². The summed E-state index contributed by atoms with van der Waals surface area (Å²) in [7, 11) is 0. The maximum Gasteiger partial charge on any atom is 0.324 e. The van der Waals surface area contributed by atoms with Crippen LogP contribution < -0.4 is 9.62 Å². The minimum absolute atomic E-state index is 0.0584. The summed E-state index contributed by atoms with van der Waals surface area (Å²) in [5.41, 5.74) is 2.43. The van der Waals surface area contributed by atoms with Crippen molar-refractivity contribution in [2.45, 2.75) is 11.4 Å². The number of hydrogen-bond acceptors (Lipinski definition) is 6. The van der Waals surface area contributed by atoms with E-state index in [4.69, 9.17) is 27.9 Å². The Labute approximate surface area is 257 Å². The number of ether oxygens (including phenoxy) is 1. The van der Waals surface area contributed by atoms with Gasteiger partial charge in [0, 0.05) is 51.1 Å². The average Bonchev–Trinajstić information content (AvgIpc) is 2.98. The Balaban J connectivity index is 1.37. The lowest BCUT2D eigenvalue weighted by molar-refractivity contribution is -0.135. The van der Waals surface area contributed by atoms with Gasteiger partial charge in [0.15, 0.2) is 0 Å². The van der Waals surface area contributed by atoms with Crippen molar-refractivity contribution in [3.05, 3.63) is 106 Å². The zero-order valence-corrected chi connectivity index (χ0v) is 24.7. The van der Waals surface area contributed by atoms with Gasteiger partial charge in [-0.3, -0.25) is 14.4 Å². The molecule has 8 nitrogen and oxygen atoms in total. The van der Waals surface area contributed by atoms with Crippen LogP contribution in [0.2, 0.25) is 10.0 Å². The highest BCUT2D eigenvalue weighted by atomic mass is 35.5. The van der Waals surface area contributed by atoms with Gasteiger partial charge in [0.25, 0.3) is 11.8 Å². The number of carbonyl (C=O) groups is 3. The van der Waals surface area contributed by atoms with E-state index in [2.05, 4.69) is 5.32 Å². The lowest BCUT2D eigenvalue weighted by Gasteiger charge is -2.27. The Morgan fingerprint density at radius 2 is 1.60 bits per heavy atom. The molecule has 0 radical (unpaired) electrons. The molecule has 0 aliphatic carbocycles. The van der Waals surface area contributed by atoms with Gasteiger partial charge < -0.3 is 24.4 Å². The highest BCUT2D eigenvalue weighted by Crippen LogP contribution is 2.37. The van der Waals surface area contributed by atoms with E-state index >= 15 is 0 Å². The topological polar surface area (TPSA) is 99.2 Å². The number of carboxylic acid groups (broad SMARTS) is 1. The number of benzene rings is 4. The predicted molar refractivity (Wildman–Crippen MR) is 166 cm³/mol. The second kappa shape index (κ2) is 13.5. The minimum Gasteiger partial charge on any atom is -0.480 e. The molecule has 11 heteroatoms. The number of morpholine rings is 1. The third kappa shape index (κ3) is 7.17. The Hall–Kier alpha value is -3.76. The van der Waals surface area contributed by atoms with Crippen molar-refractivity contribution in [3.63, 3.8) is 0 Å². The zero-order valence-electron chi connectivity index (χ0n) is 22.4. The van der Waals surface area contributed by atoms with Crippen LogP contribution in [0.15, 0.2) is 83.8 Å². The fourth-order valence-corrected chi connectivity index (χ4v) is 6.45. The van der Waals surface area contributed by atoms with E-state index in [9.17, 15) is 19.5 Å². The first kappa shape index (κ1) is 29.7. The molecule has 1 fully saturated rings. The van der Waals surface area contributed by atoms with Crippen LogP contribution in [-0.2, 0) is 16.1 Å². The number of rotatable bonds is 9. The largest absolute Gasteiger partial charge is 0.480 e. The van der Waals surface area contributed by atoms with Crippen molar-refractivity contribution < 1.29 is 24.2 Å². The van der Waals surface area contributed by atoms with Crippen LogP contribution in [0, 0.1) is 0 Å². The summed E-state index contributed by atoms with van der Waals surface area (Å²) in [6.45, 7) is 2.08. The van der Waals surface area contributed by atoms with E-state index in [0.29, 0.717) is 68.8 Å². The van der Waals surface area contributed by atoms with Crippen molar-refractivity contribution in [2.24, 2.45) is 0 Å². The molecule has 1 aliphatic heterocycles. The normalized spacial score (nSPS) is 13.1. The molecule has 0 unspecified atom stereocenters. The molecule has 4 aromatic carbocycles. The Bertz CT molecular complexity index is 1620. The minimum atomic E-state index is -1.02. The van der Waals surface area contributed by atoms with Gasteiger partial charge in [-0.1, -0.05) is 59.6 Å². The van der Waals surface area contributed by atoms with E-state index in [1.165, 1.54) is 11.9 Å². The molecule has 5 rings (SSSR count). The second-order valence-electron chi connectivity index (χ2n) is 9.59. The van der Waals surface area contributed by atoms with Crippen LogP contribution >= 0.6 is 35.1 Å². The molecule has 2 amide bonds. The number of aliphatic carboxylic acids is 1. The summed E-state index contributed by atoms with van der Waals surface area (Å²) in [5.74, 6) is -1.37. The molecule has 1 heterocycles. The van der Waals surface area contributed by atoms with Gasteiger partial charge in [0.05, 0.1) is 18.9 Å². The standard InChI is InChI=1S/C31H27Cl2N3O5S/c32-22-15-23(33)17-24(16-22)42-36(19-29(37)38)28-9-3-6-25-26(28)7-2-8-27(25)30(39)34-18-20-4-1-5-21(14-20)31(40)35-10-12-41-13-11-35/h1-9,14-17H,10-13,18-19H2,(H,34,39)(H,37,38). The van der Waals surface area contributed by atoms with Crippen molar-refractivity contribution in [1.82, 2.24) is 10.2 Å². The molecular weight excluding hydrogens is 597 g/mol. The smallest absolute Gasteiger partial charge is 0.324 e. The van der Waals surface area contributed by atoms with Crippen LogP contribution in [0.4, 0.5) is 5.69 Å². The molecular formula is C31H27Cl2N3O5S. The quantitative estimate of drug-likeness (QED) is 0.216. The van der Waals surface area contributed by atoms with Gasteiger partial charge in [0.1, 0.15) is 6.54 Å². The molecule has 0 spiro atoms. The summed E-state index contributed by atoms with van der Waals surface area (Å²) in [6.07, 6.45) is 0. The van der Waals surface area contributed by atoms with E-state index < -0.39 is 5.97 Å². The Morgan fingerprint density at radius 3 is 2.33 bits per heavy atom. The molecule has 0 bridgehead atoms. The first-order chi connectivity index (χ1) is 20.3. The maximum absolute atomic E-state index is 13.4. The molecule has 1 saturated heterocycles. The van der Waals surface area contributed by atoms with E-state index in [1.54, 1.807) is 63.8 Å². The molecule has 0 atom stereocenters. The number of carbonyl (C=O) groups excluding carboxylic acids is 2. The van der Waals surface area contributed by atoms with Gasteiger partial charge in [-0.05, 0) is 65.4 Å². The first-order valence-electron chi connectivity index (χ1n) is 13.2. The van der Waals surface area contributed by atoms with Crippen LogP contribution in [-0.4, -0.2) is 60.6 Å². The van der Waals surface area contributed by atoms with Crippen LogP contribution in [0.25, 0.3) is 10.8 Å². The van der Waals surface area contributed by atoms with Crippen LogP contribution in [0.5, 0.6) is 0 Å². The van der Waals surface area contributed by atoms with Gasteiger partial charge in [0.2, 0.25) is 0 Å². The third-order valence-electron chi connectivity index (χ3n) is 6.67. The van der Waals surface area contributed by atoms with E-state index in [-0.39, 0.29) is 24.9 Å². The number of halogens is 2. The lowest BCUT2D eigenvalue weighted by atomic mass is 10.0. The van der Waals surface area contributed by atoms with Crippen molar-refractivity contribution >= 4 is 69.4 Å². The van der Waals surface area contributed by atoms with E-state index in [0.717, 1.165) is 5.56 Å². The maximum atomic E-state index is 13.4. The summed E-state index contributed by atoms with van der Waals surface area (Å²) in [6, 6.07) is 23.0. The number of anilines is 1. The average molecular weight is 625 g/mol. The molecule has 216 valence electrons. The van der Waals surface area contributed by atoms with Gasteiger partial charge in [-0.25, -0.2) is 0 Å². The number of nitrogens with zero attached hydrogens (tertiary/aromatic N) is 2. The van der Waals surface area contributed by atoms with Gasteiger partial charge >= 0.3 is 5.97 Å². The summed E-state index contributed by atoms with van der Waals surface area (Å²) in [5, 5.41) is 14.9. The lowest BCUT2D eigenvalue weighted by Crippen LogP contribution is -2.40. The van der Waals surface area contributed by atoms with Crippen LogP contribution in [0.3, 0.4) is 0 Å². The molecule has 4 aromatic rings. The first-order valence-corrected chi connectivity index (χ1v) is 14.7. The molecule has 42 heavy (non-hydrogen) atoms. The van der Waals surface area contributed by atoms with Crippen molar-refractivity contribution in [2.75, 3.05) is 37.2 Å². The Morgan fingerprint density at radius 1 is 0.905 bits per heavy atom. The van der Waals surface area contributed by atoms with Gasteiger partial charge in [-0.2, -0.15) is 0 Å². The zero-order chi connectivity index (χ0) is 29.6. The monoisotopic (exact) mass is 623 g/mol. The van der Waals surface area contributed by atoms with Gasteiger partial charge in [-0.15, -0.1) is 0 Å². The highest BCUT2D eigenvalue weighted by molar-refractivity contribution is 8.00. The summed E-state index contributed by atoms with van der Waals surface area (Å²) < 4.78 is 6.97. The SMILES string of the molecule is O=C(O)CN(Sc1cc(Cl)cc(Cl)c1)c1cccc2c(C(=O)NCc3cccc(C(=O)N4CCOCC4)c3)cccc12. The summed E-state index contributed by atoms with van der Waals surface area (Å²) in [4.78, 5) is 40.5. The second-order valence-corrected chi connectivity index (χ2v) is 11.6. The summed E-state index contributed by atoms with van der Waals surface area (Å²) >= 11 is 13.5. The molecule has 0 saturated carbocycles. The molecule has 2 N–H and O–H groups in total. The Kier molecular flexibility index (Phi) is 9.54. The number of nitrogens with one attached hydrogen (secondary N) is 1. The molecule has 1 aliphatic rings. The predicted octanol–water partition coefficient (Wildman–Crippen LogP) is 6.15. The van der Waals surface area contributed by atoms with E-state index in [1.807, 2.05) is 24.3 Å². The number of fused-ring (bicyclic) bond motifs is 1. The van der Waals surface area contributed by atoms with Crippen LogP contribution in [0.1, 0.15) is 26.3 Å². The van der Waals surface area contributed by atoms with Crippen molar-refractivity contribution in [1.29, 1.82) is 0 Å². The number of amides is 2. The highest BCUT2D eigenvalue weighted by Gasteiger charge is 2.20. The fraction of sp³-hybridized carbons (Fsp3) is 0.194. The number of hydrogen-bond donors (Lipinski definition) is 2. The third-order valence-corrected chi connectivity index (χ3v) is 8.10. The fourth-order valence-electron chi connectivity index (χ4n) is 4.75. The molecule has 0 aromatic heterocycles. The number of carboxylic acids is 1.